The largest absolute Gasteiger partial charge is 0.484 e. The Morgan fingerprint density at radius 2 is 1.69 bits per heavy atom. The average molecular weight is 353 g/mol. The van der Waals surface area contributed by atoms with Crippen molar-refractivity contribution in [2.45, 2.75) is 39.8 Å². The van der Waals surface area contributed by atoms with Crippen molar-refractivity contribution in [1.82, 2.24) is 5.32 Å². The maximum absolute atomic E-state index is 12.2. The van der Waals surface area contributed by atoms with E-state index in [9.17, 15) is 4.79 Å². The number of hydrogen-bond acceptors (Lipinski definition) is 2. The number of aryl methyl sites for hydroxylation is 2. The van der Waals surface area contributed by atoms with Crippen LogP contribution in [-0.2, 0) is 17.9 Å². The molecule has 2 aromatic rings. The molecular weight excluding hydrogens is 324 g/mol. The van der Waals surface area contributed by atoms with Crippen LogP contribution in [0.3, 0.4) is 0 Å². The Morgan fingerprint density at radius 1 is 1.04 bits per heavy atom. The summed E-state index contributed by atoms with van der Waals surface area (Å²) < 4.78 is 5.64. The molecule has 1 heterocycles. The second-order valence-electron chi connectivity index (χ2n) is 7.29. The van der Waals surface area contributed by atoms with E-state index in [2.05, 4.69) is 29.6 Å². The van der Waals surface area contributed by atoms with Gasteiger partial charge in [-0.05, 0) is 42.7 Å². The Bertz CT molecular complexity index is 731. The van der Waals surface area contributed by atoms with Crippen LogP contribution in [0.1, 0.15) is 35.1 Å². The van der Waals surface area contributed by atoms with Gasteiger partial charge in [-0.1, -0.05) is 30.3 Å². The highest BCUT2D eigenvalue weighted by molar-refractivity contribution is 5.77. The zero-order valence-electron chi connectivity index (χ0n) is 15.8. The van der Waals surface area contributed by atoms with Crippen molar-refractivity contribution in [2.75, 3.05) is 19.7 Å². The number of carbonyl (C=O) groups excluding carboxylic acids is 1. The second kappa shape index (κ2) is 8.86. The number of likely N-dealkylation sites (tertiary alicyclic amines) is 1. The van der Waals surface area contributed by atoms with E-state index in [-0.39, 0.29) is 12.5 Å². The zero-order valence-corrected chi connectivity index (χ0v) is 15.8. The van der Waals surface area contributed by atoms with Gasteiger partial charge in [0, 0.05) is 24.9 Å². The predicted octanol–water partition coefficient (Wildman–Crippen LogP) is 2.18. The van der Waals surface area contributed by atoms with E-state index >= 15 is 0 Å². The van der Waals surface area contributed by atoms with Crippen LogP contribution in [0.2, 0.25) is 0 Å². The summed E-state index contributed by atoms with van der Waals surface area (Å²) in [6.45, 7) is 8.21. The molecule has 0 atom stereocenters. The molecule has 4 heteroatoms. The van der Waals surface area contributed by atoms with Gasteiger partial charge in [0.2, 0.25) is 0 Å². The van der Waals surface area contributed by atoms with Crippen LogP contribution in [0.4, 0.5) is 0 Å². The van der Waals surface area contributed by atoms with Gasteiger partial charge in [-0.15, -0.1) is 0 Å². The first-order chi connectivity index (χ1) is 12.6. The molecule has 26 heavy (non-hydrogen) atoms. The van der Waals surface area contributed by atoms with Crippen LogP contribution in [0.5, 0.6) is 5.75 Å². The Morgan fingerprint density at radius 3 is 2.38 bits per heavy atom. The van der Waals surface area contributed by atoms with Gasteiger partial charge in [0.05, 0.1) is 13.1 Å². The SMILES string of the molecule is Cc1cc(C)cc(OCC(=O)NCc2ccccc2C[NH+]2CCCC2)c1. The molecule has 0 aromatic heterocycles. The first kappa shape index (κ1) is 18.5. The van der Waals surface area contributed by atoms with Crippen molar-refractivity contribution >= 4 is 5.91 Å². The normalized spacial score (nSPS) is 14.4. The topological polar surface area (TPSA) is 42.8 Å². The van der Waals surface area contributed by atoms with E-state index in [1.165, 1.54) is 37.1 Å². The molecule has 2 N–H and O–H groups in total. The van der Waals surface area contributed by atoms with Crippen LogP contribution in [0.25, 0.3) is 0 Å². The van der Waals surface area contributed by atoms with Gasteiger partial charge in [-0.25, -0.2) is 0 Å². The summed E-state index contributed by atoms with van der Waals surface area (Å²) in [4.78, 5) is 13.8. The molecule has 0 bridgehead atoms. The molecule has 0 unspecified atom stereocenters. The van der Waals surface area contributed by atoms with Crippen molar-refractivity contribution in [3.05, 3.63) is 64.7 Å². The Balaban J connectivity index is 1.51. The van der Waals surface area contributed by atoms with Crippen molar-refractivity contribution in [3.63, 3.8) is 0 Å². The summed E-state index contributed by atoms with van der Waals surface area (Å²) in [5, 5.41) is 2.99. The molecule has 0 saturated carbocycles. The smallest absolute Gasteiger partial charge is 0.258 e. The lowest BCUT2D eigenvalue weighted by molar-refractivity contribution is -0.901. The van der Waals surface area contributed by atoms with Crippen molar-refractivity contribution in [3.8, 4) is 5.75 Å². The minimum absolute atomic E-state index is 0.0441. The van der Waals surface area contributed by atoms with E-state index in [1.54, 1.807) is 4.90 Å². The fourth-order valence-corrected chi connectivity index (χ4v) is 3.63. The molecular formula is C22H29N2O2+. The molecule has 1 saturated heterocycles. The van der Waals surface area contributed by atoms with Gasteiger partial charge in [-0.2, -0.15) is 0 Å². The number of benzene rings is 2. The highest BCUT2D eigenvalue weighted by atomic mass is 16.5. The average Bonchev–Trinajstić information content (AvgIpc) is 3.11. The molecule has 0 spiro atoms. The van der Waals surface area contributed by atoms with Crippen LogP contribution >= 0.6 is 0 Å². The number of ether oxygens (including phenoxy) is 1. The third-order valence-electron chi connectivity index (χ3n) is 4.91. The Kier molecular flexibility index (Phi) is 6.29. The van der Waals surface area contributed by atoms with Gasteiger partial charge in [0.15, 0.2) is 6.61 Å². The van der Waals surface area contributed by atoms with Crippen LogP contribution in [0.15, 0.2) is 42.5 Å². The predicted molar refractivity (Wildman–Crippen MR) is 103 cm³/mol. The van der Waals surface area contributed by atoms with Crippen LogP contribution < -0.4 is 15.0 Å². The fourth-order valence-electron chi connectivity index (χ4n) is 3.63. The number of rotatable bonds is 7. The standard InChI is InChI=1S/C22H28N2O2/c1-17-11-18(2)13-21(12-17)26-16-22(25)23-14-19-7-3-4-8-20(19)15-24-9-5-6-10-24/h3-4,7-8,11-13H,5-6,9-10,14-16H2,1-2H3,(H,23,25)/p+1. The lowest BCUT2D eigenvalue weighted by Gasteiger charge is -2.15. The Labute approximate surface area is 156 Å². The van der Waals surface area contributed by atoms with Gasteiger partial charge in [-0.3, -0.25) is 4.79 Å². The minimum atomic E-state index is -0.0903. The van der Waals surface area contributed by atoms with E-state index in [0.29, 0.717) is 6.54 Å². The first-order valence-electron chi connectivity index (χ1n) is 9.48. The third-order valence-corrected chi connectivity index (χ3v) is 4.91. The highest BCUT2D eigenvalue weighted by Gasteiger charge is 2.17. The summed E-state index contributed by atoms with van der Waals surface area (Å²) in [5.41, 5.74) is 4.81. The lowest BCUT2D eigenvalue weighted by Crippen LogP contribution is -3.08. The minimum Gasteiger partial charge on any atom is -0.484 e. The number of carbonyl (C=O) groups is 1. The maximum Gasteiger partial charge on any atom is 0.258 e. The maximum atomic E-state index is 12.2. The van der Waals surface area contributed by atoms with Gasteiger partial charge < -0.3 is 15.0 Å². The zero-order chi connectivity index (χ0) is 18.4. The number of quaternary nitrogens is 1. The Hall–Kier alpha value is -2.33. The van der Waals surface area contributed by atoms with Crippen molar-refractivity contribution in [1.29, 1.82) is 0 Å². The first-order valence-corrected chi connectivity index (χ1v) is 9.48. The summed E-state index contributed by atoms with van der Waals surface area (Å²) in [7, 11) is 0. The van der Waals surface area contributed by atoms with Gasteiger partial charge in [0.25, 0.3) is 5.91 Å². The quantitative estimate of drug-likeness (QED) is 0.801. The lowest BCUT2D eigenvalue weighted by atomic mass is 10.1. The van der Waals surface area contributed by atoms with Crippen LogP contribution in [-0.4, -0.2) is 25.6 Å². The molecule has 1 fully saturated rings. The van der Waals surface area contributed by atoms with Gasteiger partial charge >= 0.3 is 0 Å². The van der Waals surface area contributed by atoms with E-state index in [0.717, 1.165) is 23.4 Å². The molecule has 138 valence electrons. The highest BCUT2D eigenvalue weighted by Crippen LogP contribution is 2.16. The number of nitrogens with one attached hydrogen (secondary N) is 2. The number of amides is 1. The summed E-state index contributed by atoms with van der Waals surface area (Å²) >= 11 is 0. The second-order valence-corrected chi connectivity index (χ2v) is 7.29. The molecule has 1 aliphatic heterocycles. The van der Waals surface area contributed by atoms with Crippen molar-refractivity contribution in [2.24, 2.45) is 0 Å². The van der Waals surface area contributed by atoms with E-state index in [1.807, 2.05) is 32.0 Å². The molecule has 2 aromatic carbocycles. The number of hydrogen-bond donors (Lipinski definition) is 2. The third kappa shape index (κ3) is 5.33. The molecule has 3 rings (SSSR count). The fraction of sp³-hybridized carbons (Fsp3) is 0.409. The molecule has 0 aliphatic carbocycles. The monoisotopic (exact) mass is 353 g/mol. The van der Waals surface area contributed by atoms with Crippen LogP contribution in [0, 0.1) is 13.8 Å². The van der Waals surface area contributed by atoms with E-state index < -0.39 is 0 Å². The summed E-state index contributed by atoms with van der Waals surface area (Å²) in [5.74, 6) is 0.656. The van der Waals surface area contributed by atoms with Gasteiger partial charge in [0.1, 0.15) is 12.3 Å². The van der Waals surface area contributed by atoms with Crippen molar-refractivity contribution < 1.29 is 14.4 Å². The summed E-state index contributed by atoms with van der Waals surface area (Å²) in [6.07, 6.45) is 2.65. The summed E-state index contributed by atoms with van der Waals surface area (Å²) in [6, 6.07) is 14.4. The molecule has 0 radical (unpaired) electrons. The molecule has 4 nitrogen and oxygen atoms in total. The molecule has 1 amide bonds. The molecule has 1 aliphatic rings. The van der Waals surface area contributed by atoms with E-state index in [4.69, 9.17) is 4.74 Å².